The van der Waals surface area contributed by atoms with Crippen molar-refractivity contribution in [3.63, 3.8) is 0 Å². The van der Waals surface area contributed by atoms with Crippen LogP contribution < -0.4 is 25.5 Å². The lowest BCUT2D eigenvalue weighted by Crippen LogP contribution is -2.41. The van der Waals surface area contributed by atoms with Crippen molar-refractivity contribution in [1.82, 2.24) is 10.7 Å². The van der Waals surface area contributed by atoms with E-state index in [4.69, 9.17) is 14.2 Å². The highest BCUT2D eigenvalue weighted by Crippen LogP contribution is 2.27. The predicted molar refractivity (Wildman–Crippen MR) is 131 cm³/mol. The van der Waals surface area contributed by atoms with E-state index < -0.39 is 11.8 Å². The molecule has 2 aromatic carbocycles. The number of aryl methyl sites for hydroxylation is 2. The van der Waals surface area contributed by atoms with Gasteiger partial charge in [0.1, 0.15) is 0 Å². The molecule has 10 heteroatoms. The summed E-state index contributed by atoms with van der Waals surface area (Å²) >= 11 is 0. The Bertz CT molecular complexity index is 1100. The van der Waals surface area contributed by atoms with Gasteiger partial charge < -0.3 is 24.8 Å². The van der Waals surface area contributed by atoms with Crippen molar-refractivity contribution in [3.8, 4) is 11.5 Å². The second-order valence-electron chi connectivity index (χ2n) is 8.11. The number of nitrogens with zero attached hydrogens (tertiary/aromatic N) is 1. The average Bonchev–Trinajstić information content (AvgIpc) is 3.37. The first-order chi connectivity index (χ1) is 16.9. The van der Waals surface area contributed by atoms with E-state index in [1.54, 1.807) is 18.2 Å². The van der Waals surface area contributed by atoms with Gasteiger partial charge in [-0.3, -0.25) is 14.4 Å². The summed E-state index contributed by atoms with van der Waals surface area (Å²) in [4.78, 5) is 36.0. The van der Waals surface area contributed by atoms with Crippen LogP contribution in [0.5, 0.6) is 11.5 Å². The van der Waals surface area contributed by atoms with Gasteiger partial charge in [0.25, 0.3) is 5.91 Å². The fourth-order valence-electron chi connectivity index (χ4n) is 3.48. The zero-order valence-electron chi connectivity index (χ0n) is 20.1. The number of hydrogen-bond acceptors (Lipinski definition) is 7. The maximum absolute atomic E-state index is 12.3. The Hall–Kier alpha value is -3.92. The Balaban J connectivity index is 1.48. The third-order valence-corrected chi connectivity index (χ3v) is 5.30. The largest absolute Gasteiger partial charge is 0.493 e. The lowest BCUT2D eigenvalue weighted by molar-refractivity contribution is -0.139. The van der Waals surface area contributed by atoms with Crippen molar-refractivity contribution in [1.29, 1.82) is 0 Å². The zero-order valence-corrected chi connectivity index (χ0v) is 20.1. The molecule has 0 aromatic heterocycles. The minimum atomic E-state index is -0.874. The summed E-state index contributed by atoms with van der Waals surface area (Å²) in [6, 6.07) is 10.7. The van der Waals surface area contributed by atoms with E-state index in [2.05, 4.69) is 21.2 Å². The van der Waals surface area contributed by atoms with E-state index in [9.17, 15) is 14.4 Å². The summed E-state index contributed by atoms with van der Waals surface area (Å²) < 4.78 is 16.3. The quantitative estimate of drug-likeness (QED) is 0.285. The summed E-state index contributed by atoms with van der Waals surface area (Å²) in [5, 5.41) is 9.15. The van der Waals surface area contributed by atoms with E-state index in [0.29, 0.717) is 23.7 Å². The first-order valence-corrected chi connectivity index (χ1v) is 11.3. The Morgan fingerprint density at radius 1 is 1.11 bits per heavy atom. The summed E-state index contributed by atoms with van der Waals surface area (Å²) in [5.41, 5.74) is 5.58. The molecule has 2 aromatic rings. The highest BCUT2D eigenvalue weighted by atomic mass is 16.5. The summed E-state index contributed by atoms with van der Waals surface area (Å²) in [5.74, 6) is -1.20. The molecule has 0 aliphatic carbocycles. The Kier molecular flexibility index (Phi) is 9.19. The third kappa shape index (κ3) is 7.82. The minimum Gasteiger partial charge on any atom is -0.493 e. The summed E-state index contributed by atoms with van der Waals surface area (Å²) in [7, 11) is 1.47. The fraction of sp³-hybridized carbons (Fsp3) is 0.360. The van der Waals surface area contributed by atoms with Crippen LogP contribution in [-0.4, -0.2) is 56.9 Å². The van der Waals surface area contributed by atoms with Gasteiger partial charge >= 0.3 is 11.8 Å². The number of ether oxygens (including phenoxy) is 3. The molecule has 1 heterocycles. The molecule has 10 nitrogen and oxygen atoms in total. The molecule has 3 rings (SSSR count). The van der Waals surface area contributed by atoms with Crippen molar-refractivity contribution in [2.75, 3.05) is 32.2 Å². The van der Waals surface area contributed by atoms with Crippen LogP contribution in [0.15, 0.2) is 41.5 Å². The average molecular weight is 483 g/mol. The number of carbonyl (C=O) groups is 3. The molecule has 35 heavy (non-hydrogen) atoms. The van der Waals surface area contributed by atoms with Gasteiger partial charge in [-0.05, 0) is 62.1 Å². The first kappa shape index (κ1) is 25.7. The summed E-state index contributed by atoms with van der Waals surface area (Å²) in [6.07, 6.45) is 3.12. The normalized spacial score (nSPS) is 15.0. The lowest BCUT2D eigenvalue weighted by atomic mass is 10.1. The van der Waals surface area contributed by atoms with Crippen LogP contribution in [0.4, 0.5) is 5.69 Å². The van der Waals surface area contributed by atoms with Crippen molar-refractivity contribution < 1.29 is 28.6 Å². The van der Waals surface area contributed by atoms with Gasteiger partial charge in [0.05, 0.1) is 19.4 Å². The second-order valence-corrected chi connectivity index (χ2v) is 8.11. The number of rotatable bonds is 9. The molecule has 186 valence electrons. The van der Waals surface area contributed by atoms with Gasteiger partial charge in [0, 0.05) is 18.8 Å². The highest BCUT2D eigenvalue weighted by molar-refractivity contribution is 6.35. The van der Waals surface area contributed by atoms with E-state index in [-0.39, 0.29) is 25.2 Å². The maximum Gasteiger partial charge on any atom is 0.329 e. The van der Waals surface area contributed by atoms with Crippen LogP contribution >= 0.6 is 0 Å². The molecule has 3 N–H and O–H groups in total. The molecule has 0 radical (unpaired) electrons. The number of benzene rings is 2. The molecule has 1 saturated heterocycles. The number of amides is 3. The number of hydrogen-bond donors (Lipinski definition) is 3. The molecule has 1 aliphatic heterocycles. The Morgan fingerprint density at radius 2 is 1.94 bits per heavy atom. The lowest BCUT2D eigenvalue weighted by Gasteiger charge is -2.12. The molecule has 0 saturated carbocycles. The number of carbonyl (C=O) groups excluding carboxylic acids is 3. The van der Waals surface area contributed by atoms with Gasteiger partial charge in [-0.25, -0.2) is 5.43 Å². The Labute approximate surface area is 204 Å². The second kappa shape index (κ2) is 12.5. The smallest absolute Gasteiger partial charge is 0.329 e. The fourth-order valence-corrected chi connectivity index (χ4v) is 3.48. The number of nitrogens with one attached hydrogen (secondary N) is 3. The molecular formula is C25H30N4O6. The number of methoxy groups -OCH3 is 1. The zero-order chi connectivity index (χ0) is 25.2. The molecule has 0 unspecified atom stereocenters. The third-order valence-electron chi connectivity index (χ3n) is 5.30. The summed E-state index contributed by atoms with van der Waals surface area (Å²) in [6.45, 7) is 4.67. The van der Waals surface area contributed by atoms with Gasteiger partial charge in [-0.2, -0.15) is 5.10 Å². The van der Waals surface area contributed by atoms with E-state index in [1.165, 1.54) is 13.3 Å². The van der Waals surface area contributed by atoms with Gasteiger partial charge in [-0.15, -0.1) is 0 Å². The highest BCUT2D eigenvalue weighted by Gasteiger charge is 2.19. The van der Waals surface area contributed by atoms with Crippen molar-refractivity contribution >= 4 is 29.6 Å². The molecule has 1 aliphatic rings. The standard InChI is InChI=1S/C25H30N4O6/c1-16-6-8-20(17(2)11-16)28-23(30)15-35-21-9-7-18(12-22(21)33-3)13-27-29-25(32)24(31)26-14-19-5-4-10-34-19/h6-9,11-13,19H,4-5,10,14-15H2,1-3H3,(H,26,31)(H,28,30)(H,29,32)/b27-13-/t19-/m0/s1. The molecule has 1 fully saturated rings. The van der Waals surface area contributed by atoms with Gasteiger partial charge in [0.2, 0.25) is 0 Å². The van der Waals surface area contributed by atoms with Crippen molar-refractivity contribution in [2.24, 2.45) is 5.10 Å². The van der Waals surface area contributed by atoms with Crippen LogP contribution in [0, 0.1) is 13.8 Å². The minimum absolute atomic E-state index is 0.0544. The topological polar surface area (TPSA) is 127 Å². The van der Waals surface area contributed by atoms with Crippen LogP contribution in [-0.2, 0) is 19.1 Å². The molecular weight excluding hydrogens is 452 g/mol. The van der Waals surface area contributed by atoms with Crippen LogP contribution in [0.3, 0.4) is 0 Å². The van der Waals surface area contributed by atoms with Gasteiger partial charge in [-0.1, -0.05) is 17.7 Å². The SMILES string of the molecule is COc1cc(/C=N\NC(=O)C(=O)NC[C@@H]2CCCO2)ccc1OCC(=O)Nc1ccc(C)cc1C. The van der Waals surface area contributed by atoms with E-state index in [0.717, 1.165) is 29.7 Å². The molecule has 0 bridgehead atoms. The van der Waals surface area contributed by atoms with Crippen LogP contribution in [0.1, 0.15) is 29.5 Å². The Morgan fingerprint density at radius 3 is 2.66 bits per heavy atom. The van der Waals surface area contributed by atoms with E-state index >= 15 is 0 Å². The predicted octanol–water partition coefficient (Wildman–Crippen LogP) is 2.07. The molecule has 1 atom stereocenters. The van der Waals surface area contributed by atoms with Crippen LogP contribution in [0.2, 0.25) is 0 Å². The molecule has 0 spiro atoms. The van der Waals surface area contributed by atoms with Crippen molar-refractivity contribution in [3.05, 3.63) is 53.1 Å². The van der Waals surface area contributed by atoms with Crippen LogP contribution in [0.25, 0.3) is 0 Å². The first-order valence-electron chi connectivity index (χ1n) is 11.3. The van der Waals surface area contributed by atoms with Crippen molar-refractivity contribution in [2.45, 2.75) is 32.8 Å². The van der Waals surface area contributed by atoms with E-state index in [1.807, 2.05) is 32.0 Å². The number of anilines is 1. The molecule has 3 amide bonds. The number of hydrazone groups is 1. The monoisotopic (exact) mass is 482 g/mol. The van der Waals surface area contributed by atoms with Gasteiger partial charge in [0.15, 0.2) is 18.1 Å². The maximum atomic E-state index is 12.3.